The highest BCUT2D eigenvalue weighted by Crippen LogP contribution is 2.18. The highest BCUT2D eigenvalue weighted by molar-refractivity contribution is 5.80. The Morgan fingerprint density at radius 1 is 1.44 bits per heavy atom. The average Bonchev–Trinajstić information content (AvgIpc) is 2.39. The van der Waals surface area contributed by atoms with Crippen molar-refractivity contribution >= 4 is 11.7 Å². The van der Waals surface area contributed by atoms with Crippen LogP contribution in [-0.2, 0) is 9.53 Å². The van der Waals surface area contributed by atoms with E-state index < -0.39 is 0 Å². The summed E-state index contributed by atoms with van der Waals surface area (Å²) < 4.78 is 4.82. The third kappa shape index (κ3) is 2.17. The number of nitrogens with one attached hydrogen (secondary N) is 1. The molecule has 1 N–H and O–H groups in total. The molecule has 16 heavy (non-hydrogen) atoms. The molecule has 0 unspecified atom stereocenters. The Bertz CT molecular complexity index is 353. The van der Waals surface area contributed by atoms with Gasteiger partial charge in [-0.15, -0.1) is 0 Å². The van der Waals surface area contributed by atoms with Crippen LogP contribution in [0, 0.1) is 0 Å². The second-order valence-electron chi connectivity index (χ2n) is 3.77. The van der Waals surface area contributed by atoms with Crippen LogP contribution in [0.1, 0.15) is 0 Å². The summed E-state index contributed by atoms with van der Waals surface area (Å²) in [6, 6.07) is 9.74. The number of carbonyl (C=O) groups is 1. The standard InChI is InChI=1S/C12H16N2O2/c1-16-12(15)11-9-13-7-8-14(11)10-5-3-2-4-6-10/h2-6,11,13H,7-9H2,1H3/t11-/m0/s1. The number of carbonyl (C=O) groups excluding carboxylic acids is 1. The van der Waals surface area contributed by atoms with Crippen molar-refractivity contribution in [2.45, 2.75) is 6.04 Å². The lowest BCUT2D eigenvalue weighted by Gasteiger charge is -2.36. The Hall–Kier alpha value is -1.55. The number of benzene rings is 1. The number of hydrogen-bond acceptors (Lipinski definition) is 4. The summed E-state index contributed by atoms with van der Waals surface area (Å²) in [5.74, 6) is -0.184. The molecule has 1 atom stereocenters. The Balaban J connectivity index is 2.20. The van der Waals surface area contributed by atoms with Crippen LogP contribution in [0.25, 0.3) is 0 Å². The van der Waals surface area contributed by atoms with Crippen molar-refractivity contribution in [1.29, 1.82) is 0 Å². The Morgan fingerprint density at radius 3 is 2.88 bits per heavy atom. The molecule has 2 rings (SSSR count). The Kier molecular flexibility index (Phi) is 3.41. The molecule has 4 heteroatoms. The van der Waals surface area contributed by atoms with E-state index in [-0.39, 0.29) is 12.0 Å². The fourth-order valence-electron chi connectivity index (χ4n) is 1.98. The SMILES string of the molecule is COC(=O)[C@@H]1CNCCN1c1ccccc1. The van der Waals surface area contributed by atoms with Crippen molar-refractivity contribution in [3.63, 3.8) is 0 Å². The molecule has 0 aliphatic carbocycles. The summed E-state index contributed by atoms with van der Waals surface area (Å²) in [7, 11) is 1.43. The molecule has 0 spiro atoms. The van der Waals surface area contributed by atoms with Crippen LogP contribution in [0.2, 0.25) is 0 Å². The van der Waals surface area contributed by atoms with Crippen LogP contribution in [0.15, 0.2) is 30.3 Å². The molecule has 0 radical (unpaired) electrons. The molecular weight excluding hydrogens is 204 g/mol. The van der Waals surface area contributed by atoms with Crippen LogP contribution in [0.4, 0.5) is 5.69 Å². The van der Waals surface area contributed by atoms with Gasteiger partial charge in [-0.3, -0.25) is 0 Å². The van der Waals surface area contributed by atoms with E-state index in [0.717, 1.165) is 18.8 Å². The second kappa shape index (κ2) is 4.99. The molecule has 0 aromatic heterocycles. The van der Waals surface area contributed by atoms with Crippen LogP contribution < -0.4 is 10.2 Å². The zero-order valence-electron chi connectivity index (χ0n) is 9.35. The zero-order valence-corrected chi connectivity index (χ0v) is 9.35. The number of hydrogen-bond donors (Lipinski definition) is 1. The maximum atomic E-state index is 11.6. The molecule has 1 aliphatic heterocycles. The first-order valence-corrected chi connectivity index (χ1v) is 5.43. The van der Waals surface area contributed by atoms with Gasteiger partial charge in [-0.25, -0.2) is 4.79 Å². The molecule has 1 fully saturated rings. The molecule has 0 amide bonds. The number of piperazine rings is 1. The molecule has 1 aromatic carbocycles. The number of anilines is 1. The minimum absolute atomic E-state index is 0.184. The summed E-state index contributed by atoms with van der Waals surface area (Å²) in [4.78, 5) is 13.7. The normalized spacial score (nSPS) is 20.6. The second-order valence-corrected chi connectivity index (χ2v) is 3.77. The third-order valence-electron chi connectivity index (χ3n) is 2.80. The van der Waals surface area contributed by atoms with E-state index in [0.29, 0.717) is 6.54 Å². The quantitative estimate of drug-likeness (QED) is 0.743. The highest BCUT2D eigenvalue weighted by Gasteiger charge is 2.29. The molecule has 1 heterocycles. The van der Waals surface area contributed by atoms with Gasteiger partial charge in [0, 0.05) is 25.3 Å². The number of rotatable bonds is 2. The van der Waals surface area contributed by atoms with Gasteiger partial charge >= 0.3 is 5.97 Å². The predicted octanol–water partition coefficient (Wildman–Crippen LogP) is 0.638. The summed E-state index contributed by atoms with van der Waals surface area (Å²) in [6.07, 6.45) is 0. The fraction of sp³-hybridized carbons (Fsp3) is 0.417. The molecule has 1 aliphatic rings. The van der Waals surface area contributed by atoms with Crippen molar-refractivity contribution in [2.75, 3.05) is 31.6 Å². The van der Waals surface area contributed by atoms with Crippen molar-refractivity contribution in [3.05, 3.63) is 30.3 Å². The Labute approximate surface area is 95.2 Å². The van der Waals surface area contributed by atoms with E-state index in [9.17, 15) is 4.79 Å². The van der Waals surface area contributed by atoms with Crippen LogP contribution >= 0.6 is 0 Å². The van der Waals surface area contributed by atoms with Crippen molar-refractivity contribution in [1.82, 2.24) is 5.32 Å². The highest BCUT2D eigenvalue weighted by atomic mass is 16.5. The van der Waals surface area contributed by atoms with E-state index in [1.807, 2.05) is 30.3 Å². The monoisotopic (exact) mass is 220 g/mol. The number of ether oxygens (including phenoxy) is 1. The van der Waals surface area contributed by atoms with Gasteiger partial charge in [0.2, 0.25) is 0 Å². The van der Waals surface area contributed by atoms with Gasteiger partial charge in [-0.1, -0.05) is 18.2 Å². The zero-order chi connectivity index (χ0) is 11.4. The van der Waals surface area contributed by atoms with Gasteiger partial charge < -0.3 is 15.0 Å². The number of nitrogens with zero attached hydrogens (tertiary/aromatic N) is 1. The van der Waals surface area contributed by atoms with Crippen LogP contribution in [-0.4, -0.2) is 38.8 Å². The average molecular weight is 220 g/mol. The van der Waals surface area contributed by atoms with Gasteiger partial charge in [-0.2, -0.15) is 0 Å². The lowest BCUT2D eigenvalue weighted by molar-refractivity contribution is -0.142. The van der Waals surface area contributed by atoms with Crippen molar-refractivity contribution in [2.24, 2.45) is 0 Å². The molecule has 1 aromatic rings. The Morgan fingerprint density at radius 2 is 2.19 bits per heavy atom. The first kappa shape index (κ1) is 11.0. The molecule has 0 saturated carbocycles. The third-order valence-corrected chi connectivity index (χ3v) is 2.80. The number of para-hydroxylation sites is 1. The van der Waals surface area contributed by atoms with Crippen molar-refractivity contribution in [3.8, 4) is 0 Å². The molecular formula is C12H16N2O2. The van der Waals surface area contributed by atoms with E-state index in [2.05, 4.69) is 10.2 Å². The number of methoxy groups -OCH3 is 1. The van der Waals surface area contributed by atoms with Gasteiger partial charge in [0.15, 0.2) is 0 Å². The first-order valence-electron chi connectivity index (χ1n) is 5.43. The van der Waals surface area contributed by atoms with Crippen LogP contribution in [0.5, 0.6) is 0 Å². The maximum Gasteiger partial charge on any atom is 0.329 e. The minimum atomic E-state index is -0.221. The lowest BCUT2D eigenvalue weighted by atomic mass is 10.1. The summed E-state index contributed by atoms with van der Waals surface area (Å²) in [6.45, 7) is 2.35. The smallest absolute Gasteiger partial charge is 0.329 e. The van der Waals surface area contributed by atoms with E-state index in [1.54, 1.807) is 0 Å². The molecule has 1 saturated heterocycles. The number of esters is 1. The molecule has 86 valence electrons. The fourth-order valence-corrected chi connectivity index (χ4v) is 1.98. The summed E-state index contributed by atoms with van der Waals surface area (Å²) in [5, 5.41) is 3.21. The van der Waals surface area contributed by atoms with Gasteiger partial charge in [0.25, 0.3) is 0 Å². The van der Waals surface area contributed by atoms with Gasteiger partial charge in [-0.05, 0) is 12.1 Å². The van der Waals surface area contributed by atoms with Crippen molar-refractivity contribution < 1.29 is 9.53 Å². The topological polar surface area (TPSA) is 41.6 Å². The van der Waals surface area contributed by atoms with E-state index in [4.69, 9.17) is 4.74 Å². The van der Waals surface area contributed by atoms with Gasteiger partial charge in [0.1, 0.15) is 6.04 Å². The van der Waals surface area contributed by atoms with E-state index >= 15 is 0 Å². The molecule has 0 bridgehead atoms. The summed E-state index contributed by atoms with van der Waals surface area (Å²) >= 11 is 0. The summed E-state index contributed by atoms with van der Waals surface area (Å²) in [5.41, 5.74) is 1.07. The van der Waals surface area contributed by atoms with E-state index in [1.165, 1.54) is 7.11 Å². The lowest BCUT2D eigenvalue weighted by Crippen LogP contribution is -2.55. The van der Waals surface area contributed by atoms with Crippen LogP contribution in [0.3, 0.4) is 0 Å². The predicted molar refractivity (Wildman–Crippen MR) is 62.5 cm³/mol. The first-order chi connectivity index (χ1) is 7.83. The largest absolute Gasteiger partial charge is 0.467 e. The molecule has 4 nitrogen and oxygen atoms in total. The maximum absolute atomic E-state index is 11.6. The van der Waals surface area contributed by atoms with Gasteiger partial charge in [0.05, 0.1) is 7.11 Å². The minimum Gasteiger partial charge on any atom is -0.467 e.